The van der Waals surface area contributed by atoms with Gasteiger partial charge in [-0.1, -0.05) is 23.7 Å². The molecule has 2 aliphatic rings. The summed E-state index contributed by atoms with van der Waals surface area (Å²) in [6.45, 7) is 8.00. The average Bonchev–Trinajstić information content (AvgIpc) is 3.22. The Morgan fingerprint density at radius 2 is 1.95 bits per heavy atom. The summed E-state index contributed by atoms with van der Waals surface area (Å²) < 4.78 is 68.1. The van der Waals surface area contributed by atoms with Crippen LogP contribution in [0.3, 0.4) is 0 Å². The van der Waals surface area contributed by atoms with E-state index in [9.17, 15) is 21.6 Å². The van der Waals surface area contributed by atoms with Crippen molar-refractivity contribution in [3.63, 3.8) is 0 Å². The van der Waals surface area contributed by atoms with Crippen molar-refractivity contribution in [1.82, 2.24) is 29.4 Å². The molecule has 0 bridgehead atoms. The molecule has 218 valence electrons. The van der Waals surface area contributed by atoms with Gasteiger partial charge in [0.15, 0.2) is 11.3 Å². The van der Waals surface area contributed by atoms with Crippen LogP contribution in [0.2, 0.25) is 5.02 Å². The van der Waals surface area contributed by atoms with Crippen LogP contribution in [-0.2, 0) is 16.2 Å². The lowest BCUT2D eigenvalue weighted by atomic mass is 9.80. The van der Waals surface area contributed by atoms with Crippen LogP contribution in [0.4, 0.5) is 19.0 Å². The molecule has 40 heavy (non-hydrogen) atoms. The number of anilines is 1. The first-order chi connectivity index (χ1) is 18.8. The summed E-state index contributed by atoms with van der Waals surface area (Å²) in [5, 5.41) is 4.37. The minimum absolute atomic E-state index is 0.0691. The molecule has 5 rings (SSSR count). The van der Waals surface area contributed by atoms with E-state index in [4.69, 9.17) is 11.6 Å². The van der Waals surface area contributed by atoms with Crippen LogP contribution in [0.1, 0.15) is 42.6 Å². The fraction of sp³-hybridized carbons (Fsp3) is 0.577. The molecular weight excluding hydrogens is 567 g/mol. The summed E-state index contributed by atoms with van der Waals surface area (Å²) >= 11 is 6.44. The Hall–Kier alpha value is -2.48. The van der Waals surface area contributed by atoms with Crippen LogP contribution in [0.25, 0.3) is 11.2 Å². The summed E-state index contributed by atoms with van der Waals surface area (Å²) in [6, 6.07) is 4.84. The first kappa shape index (κ1) is 29.0. The van der Waals surface area contributed by atoms with Gasteiger partial charge in [0.25, 0.3) is 0 Å². The molecular formula is C26H33ClF3N7O2S. The highest BCUT2D eigenvalue weighted by Gasteiger charge is 2.40. The number of piperidine rings is 1. The monoisotopic (exact) mass is 599 g/mol. The first-order valence-corrected chi connectivity index (χ1v) is 15.6. The number of aryl methyl sites for hydroxylation is 1. The molecule has 1 aromatic carbocycles. The Balaban J connectivity index is 1.33. The van der Waals surface area contributed by atoms with Crippen molar-refractivity contribution in [3.05, 3.63) is 46.2 Å². The summed E-state index contributed by atoms with van der Waals surface area (Å²) in [5.41, 5.74) is 0.318. The lowest BCUT2D eigenvalue weighted by molar-refractivity contribution is -0.140. The largest absolute Gasteiger partial charge is 0.437 e. The highest BCUT2D eigenvalue weighted by molar-refractivity contribution is 7.88. The molecule has 3 aromatic rings. The number of aromatic nitrogens is 4. The zero-order chi connectivity index (χ0) is 28.8. The Morgan fingerprint density at radius 3 is 2.62 bits per heavy atom. The fourth-order valence-corrected chi connectivity index (χ4v) is 6.54. The van der Waals surface area contributed by atoms with E-state index in [0.29, 0.717) is 41.3 Å². The standard InChI is InChI=1S/C26H33ClF3N7O2S/c1-16-6-7-20(21(27)11-16)17(2)37-25-23(24(34-37)26(28,29)30)31-12-22(33-25)36-14-19(15-36)18-5-4-9-35(13-18)10-8-32-40(3,38)39/h6-7,11-12,17-19,32H,4-5,8-10,13-15H2,1-3H3/t17-,18+/m1/s1. The van der Waals surface area contributed by atoms with Gasteiger partial charge < -0.3 is 9.80 Å². The van der Waals surface area contributed by atoms with E-state index in [1.165, 1.54) is 10.9 Å². The third-order valence-corrected chi connectivity index (χ3v) is 8.92. The van der Waals surface area contributed by atoms with E-state index in [2.05, 4.69) is 24.7 Å². The molecule has 2 aromatic heterocycles. The predicted octanol–water partition coefficient (Wildman–Crippen LogP) is 4.11. The topological polar surface area (TPSA) is 96.3 Å². The summed E-state index contributed by atoms with van der Waals surface area (Å²) in [4.78, 5) is 13.1. The van der Waals surface area contributed by atoms with Crippen molar-refractivity contribution in [2.45, 2.75) is 38.9 Å². The number of sulfonamides is 1. The van der Waals surface area contributed by atoms with E-state index in [-0.39, 0.29) is 11.2 Å². The van der Waals surface area contributed by atoms with Gasteiger partial charge >= 0.3 is 6.18 Å². The fourth-order valence-electron chi connectivity index (χ4n) is 5.68. The highest BCUT2D eigenvalue weighted by Crippen LogP contribution is 2.38. The second kappa shape index (κ2) is 11.1. The van der Waals surface area contributed by atoms with Crippen molar-refractivity contribution in [1.29, 1.82) is 0 Å². The number of fused-ring (bicyclic) bond motifs is 1. The highest BCUT2D eigenvalue weighted by atomic mass is 35.5. The Bertz CT molecular complexity index is 1490. The number of rotatable bonds is 8. The molecule has 2 atom stereocenters. The van der Waals surface area contributed by atoms with Crippen LogP contribution in [0, 0.1) is 18.8 Å². The number of hydrogen-bond donors (Lipinski definition) is 1. The summed E-state index contributed by atoms with van der Waals surface area (Å²) in [7, 11) is -3.21. The lowest BCUT2D eigenvalue weighted by Crippen LogP contribution is -2.54. The lowest BCUT2D eigenvalue weighted by Gasteiger charge is -2.47. The normalized spacial score (nSPS) is 20.2. The molecule has 14 heteroatoms. The second-order valence-corrected chi connectivity index (χ2v) is 13.2. The van der Waals surface area contributed by atoms with Gasteiger partial charge in [0.05, 0.1) is 18.5 Å². The smallest absolute Gasteiger partial charge is 0.355 e. The molecule has 0 aliphatic carbocycles. The Kier molecular flexibility index (Phi) is 8.03. The van der Waals surface area contributed by atoms with Crippen LogP contribution < -0.4 is 9.62 Å². The zero-order valence-electron chi connectivity index (χ0n) is 22.6. The van der Waals surface area contributed by atoms with Crippen LogP contribution in [0.5, 0.6) is 0 Å². The van der Waals surface area contributed by atoms with Gasteiger partial charge in [0.1, 0.15) is 11.3 Å². The molecule has 0 saturated carbocycles. The van der Waals surface area contributed by atoms with Crippen molar-refractivity contribution >= 4 is 38.6 Å². The zero-order valence-corrected chi connectivity index (χ0v) is 24.2. The summed E-state index contributed by atoms with van der Waals surface area (Å²) in [5.74, 6) is 1.40. The van der Waals surface area contributed by atoms with Gasteiger partial charge in [-0.25, -0.2) is 27.8 Å². The first-order valence-electron chi connectivity index (χ1n) is 13.3. The van der Waals surface area contributed by atoms with Crippen molar-refractivity contribution in [2.24, 2.45) is 11.8 Å². The van der Waals surface area contributed by atoms with E-state index in [0.717, 1.165) is 50.8 Å². The molecule has 0 spiro atoms. The number of likely N-dealkylation sites (tertiary alicyclic amines) is 1. The number of nitrogens with zero attached hydrogens (tertiary/aromatic N) is 6. The number of hydrogen-bond acceptors (Lipinski definition) is 7. The van der Waals surface area contributed by atoms with Gasteiger partial charge in [0.2, 0.25) is 10.0 Å². The minimum atomic E-state index is -4.68. The summed E-state index contributed by atoms with van der Waals surface area (Å²) in [6.07, 6.45) is 0.0141. The minimum Gasteiger partial charge on any atom is -0.355 e. The number of halogens is 4. The van der Waals surface area contributed by atoms with Gasteiger partial charge in [-0.15, -0.1) is 0 Å². The van der Waals surface area contributed by atoms with E-state index in [1.54, 1.807) is 19.1 Å². The molecule has 1 N–H and O–H groups in total. The van der Waals surface area contributed by atoms with E-state index >= 15 is 0 Å². The van der Waals surface area contributed by atoms with Crippen molar-refractivity contribution in [2.75, 3.05) is 50.4 Å². The van der Waals surface area contributed by atoms with E-state index < -0.39 is 27.9 Å². The van der Waals surface area contributed by atoms with Crippen LogP contribution >= 0.6 is 11.6 Å². The molecule has 2 fully saturated rings. The number of benzene rings is 1. The Labute approximate surface area is 236 Å². The molecule has 0 radical (unpaired) electrons. The third kappa shape index (κ3) is 6.22. The van der Waals surface area contributed by atoms with Gasteiger partial charge in [-0.3, -0.25) is 0 Å². The van der Waals surface area contributed by atoms with Crippen molar-refractivity contribution < 1.29 is 21.6 Å². The van der Waals surface area contributed by atoms with Crippen LogP contribution in [0.15, 0.2) is 24.4 Å². The average molecular weight is 600 g/mol. The van der Waals surface area contributed by atoms with Gasteiger partial charge in [-0.2, -0.15) is 18.3 Å². The molecule has 0 unspecified atom stereocenters. The van der Waals surface area contributed by atoms with Crippen molar-refractivity contribution in [3.8, 4) is 0 Å². The molecule has 9 nitrogen and oxygen atoms in total. The van der Waals surface area contributed by atoms with Gasteiger partial charge in [0, 0.05) is 37.7 Å². The number of nitrogens with one attached hydrogen (secondary N) is 1. The maximum atomic E-state index is 13.9. The quantitative estimate of drug-likeness (QED) is 0.416. The van der Waals surface area contributed by atoms with E-state index in [1.807, 2.05) is 17.9 Å². The maximum absolute atomic E-state index is 13.9. The number of alkyl halides is 3. The predicted molar refractivity (Wildman–Crippen MR) is 148 cm³/mol. The molecule has 4 heterocycles. The van der Waals surface area contributed by atoms with Gasteiger partial charge in [-0.05, 0) is 62.3 Å². The molecule has 0 amide bonds. The molecule has 2 saturated heterocycles. The maximum Gasteiger partial charge on any atom is 0.437 e. The SMILES string of the molecule is Cc1ccc([C@@H](C)n2nc(C(F)(F)F)c3ncc(N4CC([C@H]5CCCN(CCNS(C)(=O)=O)C5)C4)nc32)c(Cl)c1. The third-order valence-electron chi connectivity index (χ3n) is 7.87. The molecule has 2 aliphatic heterocycles. The second-order valence-electron chi connectivity index (χ2n) is 10.9. The van der Waals surface area contributed by atoms with Crippen LogP contribution in [-0.4, -0.2) is 78.6 Å². The Morgan fingerprint density at radius 1 is 1.20 bits per heavy atom.